The van der Waals surface area contributed by atoms with E-state index < -0.39 is 12.6 Å². The Morgan fingerprint density at radius 2 is 1.87 bits per heavy atom. The van der Waals surface area contributed by atoms with Gasteiger partial charge in [0.05, 0.1) is 0 Å². The summed E-state index contributed by atoms with van der Waals surface area (Å²) in [4.78, 5) is 19.9. The monoisotopic (exact) mass is 266 g/mol. The first-order valence-electron chi connectivity index (χ1n) is 3.79. The number of allylic oxidation sites excluding steroid dienone is 1. The fourth-order valence-corrected chi connectivity index (χ4v) is 2.15. The Morgan fingerprint density at radius 3 is 2.33 bits per heavy atom. The SMILES string of the molecule is Cl.O=C(Cl)C=CP(=O)(O)c1ccccc1. The van der Waals surface area contributed by atoms with Gasteiger partial charge in [-0.1, -0.05) is 18.2 Å². The zero-order valence-corrected chi connectivity index (χ0v) is 10.0. The van der Waals surface area contributed by atoms with Crippen LogP contribution < -0.4 is 5.30 Å². The van der Waals surface area contributed by atoms with Crippen LogP contribution in [0, 0.1) is 0 Å². The van der Waals surface area contributed by atoms with Crippen molar-refractivity contribution in [3.8, 4) is 0 Å². The minimum atomic E-state index is -3.58. The van der Waals surface area contributed by atoms with Crippen LogP contribution in [0.25, 0.3) is 0 Å². The summed E-state index contributed by atoms with van der Waals surface area (Å²) in [5.41, 5.74) is 0. The lowest BCUT2D eigenvalue weighted by atomic mass is 10.4. The topological polar surface area (TPSA) is 54.4 Å². The minimum absolute atomic E-state index is 0. The predicted molar refractivity (Wildman–Crippen MR) is 63.1 cm³/mol. The number of rotatable bonds is 3. The zero-order chi connectivity index (χ0) is 10.6. The van der Waals surface area contributed by atoms with Gasteiger partial charge in [0.2, 0.25) is 5.24 Å². The number of benzene rings is 1. The number of carbonyl (C=O) groups excluding carboxylic acids is 1. The summed E-state index contributed by atoms with van der Waals surface area (Å²) in [5, 5.41) is -0.496. The van der Waals surface area contributed by atoms with Gasteiger partial charge in [-0.25, -0.2) is 0 Å². The Balaban J connectivity index is 0.00000196. The summed E-state index contributed by atoms with van der Waals surface area (Å²) in [5.74, 6) is 0.928. The molecule has 6 heteroatoms. The van der Waals surface area contributed by atoms with Crippen molar-refractivity contribution in [1.82, 2.24) is 0 Å². The molecule has 0 aliphatic heterocycles. The first-order chi connectivity index (χ1) is 6.52. The molecule has 82 valence electrons. The van der Waals surface area contributed by atoms with E-state index in [1.807, 2.05) is 0 Å². The van der Waals surface area contributed by atoms with Crippen LogP contribution >= 0.6 is 31.4 Å². The van der Waals surface area contributed by atoms with E-state index in [9.17, 15) is 14.3 Å². The molecule has 1 unspecified atom stereocenters. The van der Waals surface area contributed by atoms with Crippen LogP contribution in [0.1, 0.15) is 0 Å². The second-order valence-electron chi connectivity index (χ2n) is 2.58. The molecular weight excluding hydrogens is 258 g/mol. The van der Waals surface area contributed by atoms with Crippen LogP contribution in [-0.4, -0.2) is 10.1 Å². The molecule has 1 aromatic rings. The van der Waals surface area contributed by atoms with E-state index in [1.54, 1.807) is 18.2 Å². The van der Waals surface area contributed by atoms with Gasteiger partial charge in [-0.15, -0.1) is 12.4 Å². The van der Waals surface area contributed by atoms with Gasteiger partial charge in [-0.05, 0) is 23.7 Å². The molecule has 1 atom stereocenters. The van der Waals surface area contributed by atoms with Crippen molar-refractivity contribution >= 4 is 41.9 Å². The Labute approximate surface area is 98.6 Å². The van der Waals surface area contributed by atoms with Gasteiger partial charge in [0.1, 0.15) is 0 Å². The van der Waals surface area contributed by atoms with E-state index in [0.717, 1.165) is 11.9 Å². The van der Waals surface area contributed by atoms with Crippen LogP contribution in [0.4, 0.5) is 0 Å². The highest BCUT2D eigenvalue weighted by Crippen LogP contribution is 2.40. The van der Waals surface area contributed by atoms with Gasteiger partial charge in [0.15, 0.2) is 0 Å². The normalized spacial score (nSPS) is 14.3. The summed E-state index contributed by atoms with van der Waals surface area (Å²) in [7, 11) is -3.58. The standard InChI is InChI=1S/C9H8ClO3P.ClH/c10-9(11)6-7-14(12,13)8-4-2-1-3-5-8;/h1-7H,(H,12,13);1H. The van der Waals surface area contributed by atoms with E-state index in [2.05, 4.69) is 0 Å². The van der Waals surface area contributed by atoms with Crippen LogP contribution in [0.2, 0.25) is 0 Å². The summed E-state index contributed by atoms with van der Waals surface area (Å²) < 4.78 is 11.6. The highest BCUT2D eigenvalue weighted by Gasteiger charge is 2.16. The molecule has 15 heavy (non-hydrogen) atoms. The van der Waals surface area contributed by atoms with Crippen molar-refractivity contribution < 1.29 is 14.3 Å². The molecule has 1 aromatic carbocycles. The predicted octanol–water partition coefficient (Wildman–Crippen LogP) is 2.28. The third-order valence-corrected chi connectivity index (χ3v) is 3.25. The maximum atomic E-state index is 11.6. The third-order valence-electron chi connectivity index (χ3n) is 1.53. The molecule has 1 rings (SSSR count). The quantitative estimate of drug-likeness (QED) is 0.519. The van der Waals surface area contributed by atoms with Crippen LogP contribution in [0.3, 0.4) is 0 Å². The molecule has 0 radical (unpaired) electrons. The largest absolute Gasteiger partial charge is 0.338 e. The van der Waals surface area contributed by atoms with Gasteiger partial charge < -0.3 is 4.89 Å². The zero-order valence-electron chi connectivity index (χ0n) is 7.54. The Bertz CT molecular complexity index is 403. The number of carbonyl (C=O) groups is 1. The van der Waals surface area contributed by atoms with Crippen LogP contribution in [0.15, 0.2) is 42.2 Å². The first kappa shape index (κ1) is 14.4. The van der Waals surface area contributed by atoms with Crippen LogP contribution in [-0.2, 0) is 9.36 Å². The van der Waals surface area contributed by atoms with Crippen molar-refractivity contribution in [3.05, 3.63) is 42.2 Å². The summed E-state index contributed by atoms with van der Waals surface area (Å²) in [6.45, 7) is 0. The molecule has 0 saturated heterocycles. The van der Waals surface area contributed by atoms with E-state index in [4.69, 9.17) is 11.6 Å². The fraction of sp³-hybridized carbons (Fsp3) is 0. The summed E-state index contributed by atoms with van der Waals surface area (Å²) >= 11 is 5.01. The molecule has 0 bridgehead atoms. The molecular formula is C9H9Cl2O3P. The lowest BCUT2D eigenvalue weighted by molar-refractivity contribution is -0.107. The highest BCUT2D eigenvalue weighted by atomic mass is 35.5. The van der Waals surface area contributed by atoms with Gasteiger partial charge >= 0.3 is 0 Å². The average Bonchev–Trinajstić information content (AvgIpc) is 2.16. The Kier molecular flexibility index (Phi) is 5.84. The molecule has 0 spiro atoms. The Morgan fingerprint density at radius 1 is 1.33 bits per heavy atom. The lowest BCUT2D eigenvalue weighted by Crippen LogP contribution is -2.00. The van der Waals surface area contributed by atoms with Crippen LogP contribution in [0.5, 0.6) is 0 Å². The molecule has 0 aliphatic carbocycles. The van der Waals surface area contributed by atoms with Crippen molar-refractivity contribution in [2.45, 2.75) is 0 Å². The number of hydrogen-bond donors (Lipinski definition) is 1. The van der Waals surface area contributed by atoms with Crippen molar-refractivity contribution in [2.75, 3.05) is 0 Å². The average molecular weight is 267 g/mol. The van der Waals surface area contributed by atoms with E-state index in [1.165, 1.54) is 12.1 Å². The fourth-order valence-electron chi connectivity index (χ4n) is 0.887. The minimum Gasteiger partial charge on any atom is -0.338 e. The molecule has 0 aromatic heterocycles. The second-order valence-corrected chi connectivity index (χ2v) is 5.01. The number of halogens is 2. The molecule has 3 nitrogen and oxygen atoms in total. The maximum Gasteiger partial charge on any atom is 0.251 e. The van der Waals surface area contributed by atoms with E-state index in [0.29, 0.717) is 0 Å². The molecule has 1 N–H and O–H groups in total. The van der Waals surface area contributed by atoms with Gasteiger partial charge in [-0.3, -0.25) is 9.36 Å². The Hall–Kier alpha value is -0.600. The van der Waals surface area contributed by atoms with Gasteiger partial charge in [0, 0.05) is 17.2 Å². The summed E-state index contributed by atoms with van der Waals surface area (Å²) in [6.07, 6.45) is 0.884. The van der Waals surface area contributed by atoms with Crippen molar-refractivity contribution in [1.29, 1.82) is 0 Å². The molecule has 0 fully saturated rings. The van der Waals surface area contributed by atoms with Crippen molar-refractivity contribution in [3.63, 3.8) is 0 Å². The first-order valence-corrected chi connectivity index (χ1v) is 5.90. The molecule has 0 saturated carbocycles. The van der Waals surface area contributed by atoms with E-state index >= 15 is 0 Å². The molecule has 0 aliphatic rings. The smallest absolute Gasteiger partial charge is 0.251 e. The summed E-state index contributed by atoms with van der Waals surface area (Å²) in [6, 6.07) is 8.07. The van der Waals surface area contributed by atoms with Crippen molar-refractivity contribution in [2.24, 2.45) is 0 Å². The van der Waals surface area contributed by atoms with Gasteiger partial charge in [0.25, 0.3) is 7.37 Å². The molecule has 0 heterocycles. The molecule has 0 amide bonds. The highest BCUT2D eigenvalue weighted by molar-refractivity contribution is 7.69. The van der Waals surface area contributed by atoms with E-state index in [-0.39, 0.29) is 17.7 Å². The van der Waals surface area contributed by atoms with Gasteiger partial charge in [-0.2, -0.15) is 0 Å². The lowest BCUT2D eigenvalue weighted by Gasteiger charge is -2.04. The second kappa shape index (κ2) is 6.09. The third kappa shape index (κ3) is 4.63. The number of hydrogen-bond acceptors (Lipinski definition) is 2. The maximum absolute atomic E-state index is 11.6.